The fourth-order valence-corrected chi connectivity index (χ4v) is 3.01. The van der Waals surface area contributed by atoms with Crippen molar-refractivity contribution in [2.75, 3.05) is 39.9 Å². The number of rotatable bonds is 8. The van der Waals surface area contributed by atoms with Crippen molar-refractivity contribution in [2.24, 2.45) is 0 Å². The van der Waals surface area contributed by atoms with Crippen molar-refractivity contribution in [3.63, 3.8) is 0 Å². The molecule has 0 amide bonds. The zero-order valence-corrected chi connectivity index (χ0v) is 12.1. The summed E-state index contributed by atoms with van der Waals surface area (Å²) in [5, 5.41) is 3.17. The fourth-order valence-electron chi connectivity index (χ4n) is 1.86. The molecule has 6 nitrogen and oxygen atoms in total. The Morgan fingerprint density at radius 2 is 2.22 bits per heavy atom. The fraction of sp³-hybridized carbons (Fsp3) is 1.00. The molecule has 1 heterocycles. The molecule has 0 bridgehead atoms. The highest BCUT2D eigenvalue weighted by molar-refractivity contribution is 7.87. The molecule has 1 fully saturated rings. The quantitative estimate of drug-likeness (QED) is 0.610. The maximum Gasteiger partial charge on any atom is 0.279 e. The van der Waals surface area contributed by atoms with Gasteiger partial charge in [-0.1, -0.05) is 6.92 Å². The predicted molar refractivity (Wildman–Crippen MR) is 71.7 cm³/mol. The van der Waals surface area contributed by atoms with Gasteiger partial charge in [0.15, 0.2) is 0 Å². The van der Waals surface area contributed by atoms with Crippen LogP contribution in [0.1, 0.15) is 26.2 Å². The lowest BCUT2D eigenvalue weighted by molar-refractivity contribution is 0.0769. The van der Waals surface area contributed by atoms with Gasteiger partial charge in [0.1, 0.15) is 0 Å². The van der Waals surface area contributed by atoms with Crippen molar-refractivity contribution >= 4 is 10.2 Å². The molecule has 108 valence electrons. The molecule has 2 N–H and O–H groups in total. The largest absolute Gasteiger partial charge is 0.380 e. The highest BCUT2D eigenvalue weighted by Gasteiger charge is 2.23. The molecule has 1 unspecified atom stereocenters. The molecule has 0 aromatic heterocycles. The third kappa shape index (κ3) is 5.62. The summed E-state index contributed by atoms with van der Waals surface area (Å²) in [5.41, 5.74) is 0. The molecule has 1 saturated heterocycles. The van der Waals surface area contributed by atoms with Crippen LogP contribution in [0.4, 0.5) is 0 Å². The number of nitrogens with one attached hydrogen (secondary N) is 2. The normalized spacial score (nSPS) is 21.4. The Morgan fingerprint density at radius 1 is 1.44 bits per heavy atom. The second-order valence-corrected chi connectivity index (χ2v) is 6.37. The lowest BCUT2D eigenvalue weighted by Crippen LogP contribution is -2.47. The number of hydrogen-bond donors (Lipinski definition) is 2. The van der Waals surface area contributed by atoms with Crippen LogP contribution in [-0.2, 0) is 14.9 Å². The Bertz CT molecular complexity index is 315. The van der Waals surface area contributed by atoms with Crippen molar-refractivity contribution in [1.29, 1.82) is 0 Å². The maximum atomic E-state index is 12.0. The molecule has 0 saturated carbocycles. The molecule has 0 aromatic rings. The van der Waals surface area contributed by atoms with Crippen LogP contribution >= 0.6 is 0 Å². The first-order valence-corrected chi connectivity index (χ1v) is 8.02. The number of nitrogens with zero attached hydrogens (tertiary/aromatic N) is 1. The highest BCUT2D eigenvalue weighted by atomic mass is 32.2. The Balaban J connectivity index is 2.31. The molecular weight excluding hydrogens is 254 g/mol. The van der Waals surface area contributed by atoms with Crippen molar-refractivity contribution in [1.82, 2.24) is 14.3 Å². The second-order valence-electron chi connectivity index (χ2n) is 4.57. The van der Waals surface area contributed by atoms with Crippen LogP contribution in [0.3, 0.4) is 0 Å². The Kier molecular flexibility index (Phi) is 7.10. The van der Waals surface area contributed by atoms with E-state index in [4.69, 9.17) is 4.74 Å². The third-order valence-corrected chi connectivity index (χ3v) is 4.60. The van der Waals surface area contributed by atoms with Gasteiger partial charge in [-0.2, -0.15) is 17.4 Å². The van der Waals surface area contributed by atoms with E-state index in [1.807, 2.05) is 6.92 Å². The Labute approximate surface area is 110 Å². The first kappa shape index (κ1) is 15.8. The van der Waals surface area contributed by atoms with Gasteiger partial charge in [-0.05, 0) is 32.4 Å². The van der Waals surface area contributed by atoms with Crippen molar-refractivity contribution in [2.45, 2.75) is 32.2 Å². The van der Waals surface area contributed by atoms with Gasteiger partial charge in [0.05, 0.1) is 6.61 Å². The van der Waals surface area contributed by atoms with Gasteiger partial charge < -0.3 is 10.1 Å². The van der Waals surface area contributed by atoms with E-state index in [1.165, 1.54) is 4.31 Å². The van der Waals surface area contributed by atoms with Crippen LogP contribution < -0.4 is 10.0 Å². The van der Waals surface area contributed by atoms with Crippen LogP contribution in [0.2, 0.25) is 0 Å². The number of ether oxygens (including phenoxy) is 1. The Hall–Kier alpha value is -0.210. The van der Waals surface area contributed by atoms with Crippen LogP contribution in [0.5, 0.6) is 0 Å². The van der Waals surface area contributed by atoms with Gasteiger partial charge in [-0.15, -0.1) is 0 Å². The average Bonchev–Trinajstić information content (AvgIpc) is 2.35. The van der Waals surface area contributed by atoms with E-state index in [1.54, 1.807) is 7.05 Å². The molecule has 0 radical (unpaired) electrons. The minimum atomic E-state index is -3.37. The molecule has 1 aliphatic heterocycles. The van der Waals surface area contributed by atoms with Gasteiger partial charge in [0, 0.05) is 26.2 Å². The summed E-state index contributed by atoms with van der Waals surface area (Å²) in [6.45, 7) is 5.51. The van der Waals surface area contributed by atoms with Gasteiger partial charge in [0.25, 0.3) is 10.2 Å². The number of hydrogen-bond acceptors (Lipinski definition) is 4. The predicted octanol–water partition coefficient (Wildman–Crippen LogP) is -0.0688. The topological polar surface area (TPSA) is 70.7 Å². The summed E-state index contributed by atoms with van der Waals surface area (Å²) >= 11 is 0. The zero-order valence-electron chi connectivity index (χ0n) is 11.3. The Morgan fingerprint density at radius 3 is 2.83 bits per heavy atom. The second kappa shape index (κ2) is 8.06. The van der Waals surface area contributed by atoms with Crippen LogP contribution in [0, 0.1) is 0 Å². The zero-order chi connectivity index (χ0) is 13.4. The van der Waals surface area contributed by atoms with Crippen molar-refractivity contribution < 1.29 is 13.2 Å². The van der Waals surface area contributed by atoms with E-state index in [-0.39, 0.29) is 6.04 Å². The van der Waals surface area contributed by atoms with Gasteiger partial charge in [0.2, 0.25) is 0 Å². The summed E-state index contributed by atoms with van der Waals surface area (Å²) in [6, 6.07) is -0.0834. The van der Waals surface area contributed by atoms with E-state index in [9.17, 15) is 8.42 Å². The van der Waals surface area contributed by atoms with E-state index in [0.717, 1.165) is 39.0 Å². The summed E-state index contributed by atoms with van der Waals surface area (Å²) in [4.78, 5) is 0. The monoisotopic (exact) mass is 279 g/mol. The van der Waals surface area contributed by atoms with E-state index in [2.05, 4.69) is 10.0 Å². The van der Waals surface area contributed by atoms with Gasteiger partial charge in [-0.25, -0.2) is 0 Å². The first-order chi connectivity index (χ1) is 8.56. The summed E-state index contributed by atoms with van der Waals surface area (Å²) in [6.07, 6.45) is 2.58. The molecule has 7 heteroatoms. The molecule has 0 aromatic carbocycles. The van der Waals surface area contributed by atoms with Crippen molar-refractivity contribution in [3.8, 4) is 0 Å². The molecule has 18 heavy (non-hydrogen) atoms. The molecule has 1 rings (SSSR count). The molecule has 0 spiro atoms. The summed E-state index contributed by atoms with van der Waals surface area (Å²) in [7, 11) is -1.76. The van der Waals surface area contributed by atoms with Crippen LogP contribution in [0.25, 0.3) is 0 Å². The smallest absolute Gasteiger partial charge is 0.279 e. The summed E-state index contributed by atoms with van der Waals surface area (Å²) < 4.78 is 33.3. The van der Waals surface area contributed by atoms with Gasteiger partial charge in [-0.3, -0.25) is 0 Å². The van der Waals surface area contributed by atoms with Crippen molar-refractivity contribution in [3.05, 3.63) is 0 Å². The molecule has 1 aliphatic rings. The minimum absolute atomic E-state index is 0.0834. The lowest BCUT2D eigenvalue weighted by atomic mass is 10.1. The van der Waals surface area contributed by atoms with Gasteiger partial charge >= 0.3 is 0 Å². The maximum absolute atomic E-state index is 12.0. The molecule has 1 atom stereocenters. The molecular formula is C11H25N3O3S. The summed E-state index contributed by atoms with van der Waals surface area (Å²) in [5.74, 6) is 0. The first-order valence-electron chi connectivity index (χ1n) is 6.58. The van der Waals surface area contributed by atoms with Crippen LogP contribution in [0.15, 0.2) is 0 Å². The van der Waals surface area contributed by atoms with Crippen LogP contribution in [-0.4, -0.2) is 58.7 Å². The lowest BCUT2D eigenvalue weighted by Gasteiger charge is -2.26. The SMILES string of the molecule is CCNCCCN(C)S(=O)(=O)NC1CCCOC1. The van der Waals surface area contributed by atoms with E-state index in [0.29, 0.717) is 13.2 Å². The highest BCUT2D eigenvalue weighted by Crippen LogP contribution is 2.08. The van der Waals surface area contributed by atoms with E-state index < -0.39 is 10.2 Å². The minimum Gasteiger partial charge on any atom is -0.380 e. The standard InChI is InChI=1S/C11H25N3O3S/c1-3-12-7-5-8-14(2)18(15,16)13-11-6-4-9-17-10-11/h11-13H,3-10H2,1-2H3. The average molecular weight is 279 g/mol. The third-order valence-electron chi connectivity index (χ3n) is 2.96. The molecule has 0 aliphatic carbocycles. The van der Waals surface area contributed by atoms with E-state index >= 15 is 0 Å².